The van der Waals surface area contributed by atoms with Crippen LogP contribution in [0.25, 0.3) is 11.1 Å². The Hall–Kier alpha value is -3.51. The Balaban J connectivity index is 0.000000403. The number of likely N-dealkylation sites (tertiary alicyclic amines) is 1. The average Bonchev–Trinajstić information content (AvgIpc) is 3.68. The van der Waals surface area contributed by atoms with Crippen molar-refractivity contribution in [1.29, 1.82) is 5.41 Å². The molecule has 5 nitrogen and oxygen atoms in total. The molecule has 5 N–H and O–H groups in total. The van der Waals surface area contributed by atoms with Gasteiger partial charge in [-0.15, -0.1) is 0 Å². The van der Waals surface area contributed by atoms with Crippen molar-refractivity contribution >= 4 is 11.9 Å². The van der Waals surface area contributed by atoms with Gasteiger partial charge in [-0.05, 0) is 97.7 Å². The first-order chi connectivity index (χ1) is 19.5. The molecule has 2 fully saturated rings. The van der Waals surface area contributed by atoms with Gasteiger partial charge in [0.15, 0.2) is 0 Å². The van der Waals surface area contributed by atoms with Crippen molar-refractivity contribution in [3.63, 3.8) is 0 Å². The lowest BCUT2D eigenvalue weighted by Gasteiger charge is -2.31. The molecule has 2 unspecified atom stereocenters. The van der Waals surface area contributed by atoms with Crippen molar-refractivity contribution in [1.82, 2.24) is 10.2 Å². The SMILES string of the molecule is C/C=C\C(=C/C=N)[C@]12CCNC1Nc1ccc(-c3ccc(C)c(C4CCN(CN)C4)c3)cc12.Cc1ccccc1. The lowest BCUT2D eigenvalue weighted by molar-refractivity contribution is 0.345. The number of fused-ring (bicyclic) bond motifs is 3. The Bertz CT molecular complexity index is 1390. The molecule has 208 valence electrons. The predicted octanol–water partition coefficient (Wildman–Crippen LogP) is 6.50. The van der Waals surface area contributed by atoms with Gasteiger partial charge in [-0.3, -0.25) is 10.2 Å². The molecule has 0 spiro atoms. The third kappa shape index (κ3) is 5.42. The molecule has 3 aliphatic rings. The molecule has 3 atom stereocenters. The fourth-order valence-corrected chi connectivity index (χ4v) is 6.71. The number of hydrogen-bond donors (Lipinski definition) is 4. The summed E-state index contributed by atoms with van der Waals surface area (Å²) in [5, 5.41) is 15.1. The fourth-order valence-electron chi connectivity index (χ4n) is 6.71. The molecule has 2 saturated heterocycles. The first-order valence-electron chi connectivity index (χ1n) is 14.5. The van der Waals surface area contributed by atoms with Crippen LogP contribution in [-0.4, -0.2) is 43.6 Å². The fraction of sp³-hybridized carbons (Fsp3) is 0.343. The maximum Gasteiger partial charge on any atom is 0.0909 e. The molecule has 40 heavy (non-hydrogen) atoms. The van der Waals surface area contributed by atoms with Crippen LogP contribution in [0.15, 0.2) is 90.5 Å². The third-order valence-corrected chi connectivity index (χ3v) is 8.81. The number of benzene rings is 3. The first-order valence-corrected chi connectivity index (χ1v) is 14.5. The average molecular weight is 534 g/mol. The van der Waals surface area contributed by atoms with E-state index in [9.17, 15) is 0 Å². The van der Waals surface area contributed by atoms with Gasteiger partial charge in [0, 0.05) is 31.7 Å². The molecular formula is C35H43N5. The lowest BCUT2D eigenvalue weighted by atomic mass is 9.72. The number of hydrogen-bond acceptors (Lipinski definition) is 5. The molecule has 3 aromatic carbocycles. The van der Waals surface area contributed by atoms with E-state index in [0.717, 1.165) is 26.1 Å². The molecule has 3 aliphatic heterocycles. The van der Waals surface area contributed by atoms with E-state index in [-0.39, 0.29) is 11.6 Å². The number of nitrogens with two attached hydrogens (primary N) is 1. The van der Waals surface area contributed by atoms with Crippen molar-refractivity contribution in [2.75, 3.05) is 31.6 Å². The topological polar surface area (TPSA) is 77.2 Å². The van der Waals surface area contributed by atoms with Crippen LogP contribution in [0.5, 0.6) is 0 Å². The standard InChI is InChI=1S/C28H35N5.C7H8/c1-3-4-23(9-12-29)28-11-13-31-27(28)32-26-8-7-21(16-25(26)28)20-6-5-19(2)24(15-20)22-10-14-33(17-22)18-30;1-7-5-3-2-4-6-7/h3-9,12,15-16,22,27,29,31-32H,10-11,13-14,17-18,30H2,1-2H3;2-6H,1H3/b4-3-,23-9+,29-12?;/t22?,27?,28-;/m0./s1. The van der Waals surface area contributed by atoms with Crippen molar-refractivity contribution in [2.24, 2.45) is 5.73 Å². The Labute approximate surface area is 239 Å². The maximum atomic E-state index is 7.75. The summed E-state index contributed by atoms with van der Waals surface area (Å²) in [6, 6.07) is 24.1. The van der Waals surface area contributed by atoms with Crippen LogP contribution in [-0.2, 0) is 5.41 Å². The molecule has 0 aromatic heterocycles. The summed E-state index contributed by atoms with van der Waals surface area (Å²) in [4.78, 5) is 2.34. The second-order valence-electron chi connectivity index (χ2n) is 11.3. The zero-order chi connectivity index (χ0) is 28.1. The molecule has 0 aliphatic carbocycles. The van der Waals surface area contributed by atoms with Crippen molar-refractivity contribution < 1.29 is 0 Å². The molecule has 6 rings (SSSR count). The van der Waals surface area contributed by atoms with Gasteiger partial charge in [0.05, 0.1) is 11.6 Å². The van der Waals surface area contributed by atoms with E-state index in [1.807, 2.05) is 31.2 Å². The van der Waals surface area contributed by atoms with E-state index in [4.69, 9.17) is 11.1 Å². The van der Waals surface area contributed by atoms with E-state index in [2.05, 4.69) is 90.1 Å². The van der Waals surface area contributed by atoms with Crippen LogP contribution in [0, 0.1) is 19.3 Å². The number of aryl methyl sites for hydroxylation is 2. The highest BCUT2D eigenvalue weighted by molar-refractivity contribution is 5.78. The number of nitrogens with zero attached hydrogens (tertiary/aromatic N) is 1. The minimum absolute atomic E-state index is 0.152. The zero-order valence-electron chi connectivity index (χ0n) is 24.1. The Morgan fingerprint density at radius 2 is 1.85 bits per heavy atom. The van der Waals surface area contributed by atoms with E-state index in [0.29, 0.717) is 12.6 Å². The van der Waals surface area contributed by atoms with Crippen LogP contribution in [0.3, 0.4) is 0 Å². The van der Waals surface area contributed by atoms with Crippen molar-refractivity contribution in [3.05, 3.63) is 113 Å². The van der Waals surface area contributed by atoms with Crippen LogP contribution in [0.1, 0.15) is 47.9 Å². The lowest BCUT2D eigenvalue weighted by Crippen LogP contribution is -2.41. The molecule has 3 heterocycles. The third-order valence-electron chi connectivity index (χ3n) is 8.81. The number of allylic oxidation sites excluding steroid dienone is 3. The van der Waals surface area contributed by atoms with Gasteiger partial charge in [0.1, 0.15) is 0 Å². The van der Waals surface area contributed by atoms with E-state index >= 15 is 0 Å². The van der Waals surface area contributed by atoms with Crippen LogP contribution in [0.4, 0.5) is 5.69 Å². The Morgan fingerprint density at radius 1 is 1.07 bits per heavy atom. The second kappa shape index (κ2) is 12.3. The Morgan fingerprint density at radius 3 is 2.52 bits per heavy atom. The largest absolute Gasteiger partial charge is 0.368 e. The van der Waals surface area contributed by atoms with Gasteiger partial charge >= 0.3 is 0 Å². The van der Waals surface area contributed by atoms with Gasteiger partial charge in [0.25, 0.3) is 0 Å². The molecule has 0 bridgehead atoms. The minimum atomic E-state index is -0.157. The normalized spacial score (nSPS) is 23.9. The van der Waals surface area contributed by atoms with E-state index in [1.165, 1.54) is 57.3 Å². The summed E-state index contributed by atoms with van der Waals surface area (Å²) in [6.45, 7) is 10.1. The summed E-state index contributed by atoms with van der Waals surface area (Å²) in [6.07, 6.45) is 9.96. The number of anilines is 1. The summed E-state index contributed by atoms with van der Waals surface area (Å²) in [5.74, 6) is 0.552. The van der Waals surface area contributed by atoms with Gasteiger partial charge < -0.3 is 16.5 Å². The monoisotopic (exact) mass is 533 g/mol. The molecule has 0 radical (unpaired) electrons. The van der Waals surface area contributed by atoms with Crippen molar-refractivity contribution in [2.45, 2.75) is 51.1 Å². The highest BCUT2D eigenvalue weighted by Crippen LogP contribution is 2.51. The van der Waals surface area contributed by atoms with Gasteiger partial charge in [-0.1, -0.05) is 72.3 Å². The zero-order valence-corrected chi connectivity index (χ0v) is 24.1. The highest BCUT2D eigenvalue weighted by Gasteiger charge is 2.51. The van der Waals surface area contributed by atoms with Crippen LogP contribution < -0.4 is 16.4 Å². The number of nitrogens with one attached hydrogen (secondary N) is 3. The second-order valence-corrected chi connectivity index (χ2v) is 11.3. The van der Waals surface area contributed by atoms with Crippen LogP contribution >= 0.6 is 0 Å². The van der Waals surface area contributed by atoms with Gasteiger partial charge in [-0.2, -0.15) is 0 Å². The summed E-state index contributed by atoms with van der Waals surface area (Å²) in [5.41, 5.74) is 16.1. The number of rotatable bonds is 6. The van der Waals surface area contributed by atoms with E-state index in [1.54, 1.807) is 0 Å². The maximum absolute atomic E-state index is 7.75. The van der Waals surface area contributed by atoms with Gasteiger partial charge in [-0.25, -0.2) is 0 Å². The quantitative estimate of drug-likeness (QED) is 0.216. The Kier molecular flexibility index (Phi) is 8.65. The van der Waals surface area contributed by atoms with Gasteiger partial charge in [0.2, 0.25) is 0 Å². The molecule has 5 heteroatoms. The molecular weight excluding hydrogens is 490 g/mol. The minimum Gasteiger partial charge on any atom is -0.368 e. The predicted molar refractivity (Wildman–Crippen MR) is 169 cm³/mol. The first kappa shape index (κ1) is 28.0. The molecule has 0 saturated carbocycles. The van der Waals surface area contributed by atoms with Crippen molar-refractivity contribution in [3.8, 4) is 11.1 Å². The summed E-state index contributed by atoms with van der Waals surface area (Å²) in [7, 11) is 0. The molecule has 3 aromatic rings. The van der Waals surface area contributed by atoms with E-state index < -0.39 is 0 Å². The van der Waals surface area contributed by atoms with Crippen LogP contribution in [0.2, 0.25) is 0 Å². The highest BCUT2D eigenvalue weighted by atomic mass is 15.2. The molecule has 0 amide bonds. The smallest absolute Gasteiger partial charge is 0.0909 e. The summed E-state index contributed by atoms with van der Waals surface area (Å²) >= 11 is 0. The summed E-state index contributed by atoms with van der Waals surface area (Å²) < 4.78 is 0.